The SMILES string of the molecule is Cc1noc(CN[C@H](CC(F)(F)F)c2ccc(F)cc2)n1. The van der Waals surface area contributed by atoms with Crippen molar-refractivity contribution in [3.05, 3.63) is 47.4 Å². The molecule has 0 spiro atoms. The summed E-state index contributed by atoms with van der Waals surface area (Å²) < 4.78 is 55.6. The first-order chi connectivity index (χ1) is 9.83. The fourth-order valence-electron chi connectivity index (χ4n) is 1.86. The molecule has 1 N–H and O–H groups in total. The van der Waals surface area contributed by atoms with E-state index in [0.717, 1.165) is 12.1 Å². The van der Waals surface area contributed by atoms with Gasteiger partial charge in [0, 0.05) is 6.04 Å². The summed E-state index contributed by atoms with van der Waals surface area (Å²) in [7, 11) is 0. The second kappa shape index (κ2) is 6.21. The van der Waals surface area contributed by atoms with Gasteiger partial charge in [-0.3, -0.25) is 0 Å². The lowest BCUT2D eigenvalue weighted by Crippen LogP contribution is -2.26. The maximum Gasteiger partial charge on any atom is 0.390 e. The van der Waals surface area contributed by atoms with Crippen LogP contribution in [0, 0.1) is 12.7 Å². The fraction of sp³-hybridized carbons (Fsp3) is 0.385. The van der Waals surface area contributed by atoms with Crippen LogP contribution in [0.4, 0.5) is 17.6 Å². The van der Waals surface area contributed by atoms with Crippen LogP contribution in [-0.2, 0) is 6.54 Å². The summed E-state index contributed by atoms with van der Waals surface area (Å²) in [5, 5.41) is 6.26. The molecule has 21 heavy (non-hydrogen) atoms. The van der Waals surface area contributed by atoms with Gasteiger partial charge in [-0.05, 0) is 24.6 Å². The van der Waals surface area contributed by atoms with Gasteiger partial charge in [-0.1, -0.05) is 17.3 Å². The summed E-state index contributed by atoms with van der Waals surface area (Å²) in [6.07, 6.45) is -5.43. The number of rotatable bonds is 5. The van der Waals surface area contributed by atoms with Crippen molar-refractivity contribution in [1.29, 1.82) is 0 Å². The lowest BCUT2D eigenvalue weighted by molar-refractivity contribution is -0.140. The number of aryl methyl sites for hydroxylation is 1. The van der Waals surface area contributed by atoms with Crippen molar-refractivity contribution >= 4 is 0 Å². The molecular weight excluding hydrogens is 290 g/mol. The zero-order chi connectivity index (χ0) is 15.5. The van der Waals surface area contributed by atoms with Gasteiger partial charge in [-0.25, -0.2) is 4.39 Å². The molecule has 1 heterocycles. The number of nitrogens with zero attached hydrogens (tertiary/aromatic N) is 2. The van der Waals surface area contributed by atoms with Gasteiger partial charge in [0.2, 0.25) is 5.89 Å². The number of hydrogen-bond donors (Lipinski definition) is 1. The number of benzene rings is 1. The second-order valence-electron chi connectivity index (χ2n) is 4.54. The van der Waals surface area contributed by atoms with E-state index in [9.17, 15) is 17.6 Å². The highest BCUT2D eigenvalue weighted by Gasteiger charge is 2.32. The number of aromatic nitrogens is 2. The predicted molar refractivity (Wildman–Crippen MR) is 65.7 cm³/mol. The van der Waals surface area contributed by atoms with Crippen LogP contribution in [0.2, 0.25) is 0 Å². The highest BCUT2D eigenvalue weighted by Crippen LogP contribution is 2.29. The quantitative estimate of drug-likeness (QED) is 0.861. The number of halogens is 4. The molecule has 0 aliphatic rings. The molecule has 2 aromatic rings. The molecule has 0 fully saturated rings. The number of nitrogens with one attached hydrogen (secondary N) is 1. The Morgan fingerprint density at radius 3 is 2.43 bits per heavy atom. The van der Waals surface area contributed by atoms with Crippen molar-refractivity contribution in [2.45, 2.75) is 32.1 Å². The third kappa shape index (κ3) is 4.82. The first-order valence-electron chi connectivity index (χ1n) is 6.18. The maximum absolute atomic E-state index is 12.9. The summed E-state index contributed by atoms with van der Waals surface area (Å²) in [5.41, 5.74) is 0.338. The highest BCUT2D eigenvalue weighted by atomic mass is 19.4. The van der Waals surface area contributed by atoms with Crippen LogP contribution < -0.4 is 5.32 Å². The van der Waals surface area contributed by atoms with Crippen molar-refractivity contribution in [2.24, 2.45) is 0 Å². The van der Waals surface area contributed by atoms with Crippen molar-refractivity contribution in [3.8, 4) is 0 Å². The average Bonchev–Trinajstić information content (AvgIpc) is 2.80. The predicted octanol–water partition coefficient (Wildman–Crippen LogP) is 3.30. The van der Waals surface area contributed by atoms with E-state index in [-0.39, 0.29) is 12.4 Å². The minimum atomic E-state index is -4.35. The molecule has 0 saturated carbocycles. The molecule has 8 heteroatoms. The van der Waals surface area contributed by atoms with E-state index in [1.54, 1.807) is 6.92 Å². The van der Waals surface area contributed by atoms with E-state index in [2.05, 4.69) is 15.5 Å². The van der Waals surface area contributed by atoms with Crippen molar-refractivity contribution in [2.75, 3.05) is 0 Å². The van der Waals surface area contributed by atoms with Gasteiger partial charge in [-0.2, -0.15) is 18.2 Å². The Morgan fingerprint density at radius 1 is 1.24 bits per heavy atom. The van der Waals surface area contributed by atoms with Crippen LogP contribution in [0.3, 0.4) is 0 Å². The Morgan fingerprint density at radius 2 is 1.90 bits per heavy atom. The monoisotopic (exact) mass is 303 g/mol. The molecule has 0 unspecified atom stereocenters. The molecule has 0 saturated heterocycles. The van der Waals surface area contributed by atoms with Crippen molar-refractivity contribution in [1.82, 2.24) is 15.5 Å². The molecule has 0 bridgehead atoms. The molecule has 114 valence electrons. The van der Waals surface area contributed by atoms with Gasteiger partial charge in [0.15, 0.2) is 5.82 Å². The fourth-order valence-corrected chi connectivity index (χ4v) is 1.86. The third-order valence-corrected chi connectivity index (χ3v) is 2.78. The largest absolute Gasteiger partial charge is 0.390 e. The van der Waals surface area contributed by atoms with E-state index in [1.807, 2.05) is 0 Å². The molecule has 1 atom stereocenters. The molecule has 0 radical (unpaired) electrons. The molecule has 4 nitrogen and oxygen atoms in total. The van der Waals surface area contributed by atoms with Crippen LogP contribution in [0.15, 0.2) is 28.8 Å². The summed E-state index contributed by atoms with van der Waals surface area (Å²) in [5.74, 6) is 0.0970. The van der Waals surface area contributed by atoms with Crippen LogP contribution >= 0.6 is 0 Å². The number of hydrogen-bond acceptors (Lipinski definition) is 4. The molecule has 0 amide bonds. The first-order valence-corrected chi connectivity index (χ1v) is 6.18. The second-order valence-corrected chi connectivity index (χ2v) is 4.54. The van der Waals surface area contributed by atoms with Gasteiger partial charge in [0.25, 0.3) is 0 Å². The third-order valence-electron chi connectivity index (χ3n) is 2.78. The van der Waals surface area contributed by atoms with E-state index < -0.39 is 24.5 Å². The van der Waals surface area contributed by atoms with Gasteiger partial charge in [0.1, 0.15) is 5.82 Å². The van der Waals surface area contributed by atoms with Crippen LogP contribution in [0.25, 0.3) is 0 Å². The van der Waals surface area contributed by atoms with Crippen LogP contribution in [0.1, 0.15) is 29.7 Å². The Balaban J connectivity index is 2.10. The van der Waals surface area contributed by atoms with E-state index in [1.165, 1.54) is 12.1 Å². The van der Waals surface area contributed by atoms with Crippen molar-refractivity contribution in [3.63, 3.8) is 0 Å². The summed E-state index contributed by atoms with van der Waals surface area (Å²) in [6, 6.07) is 3.86. The van der Waals surface area contributed by atoms with Crippen LogP contribution in [0.5, 0.6) is 0 Å². The standard InChI is InChI=1S/C13H13F4N3O/c1-8-19-12(21-20-8)7-18-11(6-13(15,16)17)9-2-4-10(14)5-3-9/h2-5,11,18H,6-7H2,1H3/t11-/m1/s1. The molecular formula is C13H13F4N3O. The molecule has 2 rings (SSSR count). The first kappa shape index (κ1) is 15.4. The summed E-state index contributed by atoms with van der Waals surface area (Å²) >= 11 is 0. The summed E-state index contributed by atoms with van der Waals surface area (Å²) in [6.45, 7) is 1.61. The lowest BCUT2D eigenvalue weighted by atomic mass is 10.0. The van der Waals surface area contributed by atoms with E-state index >= 15 is 0 Å². The minimum Gasteiger partial charge on any atom is -0.338 e. The Kier molecular flexibility index (Phi) is 4.56. The smallest absolute Gasteiger partial charge is 0.338 e. The summed E-state index contributed by atoms with van der Waals surface area (Å²) in [4.78, 5) is 3.91. The Hall–Kier alpha value is -1.96. The average molecular weight is 303 g/mol. The molecule has 0 aliphatic carbocycles. The topological polar surface area (TPSA) is 51.0 Å². The normalized spacial score (nSPS) is 13.4. The maximum atomic E-state index is 12.9. The van der Waals surface area contributed by atoms with Gasteiger partial charge < -0.3 is 9.84 Å². The Bertz CT molecular complexity index is 580. The molecule has 1 aromatic carbocycles. The minimum absolute atomic E-state index is 0.00103. The molecule has 0 aliphatic heterocycles. The molecule has 1 aromatic heterocycles. The Labute approximate surface area is 118 Å². The number of alkyl halides is 3. The zero-order valence-electron chi connectivity index (χ0n) is 11.1. The van der Waals surface area contributed by atoms with Gasteiger partial charge in [-0.15, -0.1) is 0 Å². The van der Waals surface area contributed by atoms with Gasteiger partial charge >= 0.3 is 6.18 Å². The van der Waals surface area contributed by atoms with E-state index in [4.69, 9.17) is 4.52 Å². The van der Waals surface area contributed by atoms with E-state index in [0.29, 0.717) is 11.4 Å². The lowest BCUT2D eigenvalue weighted by Gasteiger charge is -2.20. The highest BCUT2D eigenvalue weighted by molar-refractivity contribution is 5.20. The van der Waals surface area contributed by atoms with Crippen LogP contribution in [-0.4, -0.2) is 16.3 Å². The van der Waals surface area contributed by atoms with Gasteiger partial charge in [0.05, 0.1) is 13.0 Å². The zero-order valence-corrected chi connectivity index (χ0v) is 11.1. The van der Waals surface area contributed by atoms with Crippen molar-refractivity contribution < 1.29 is 22.1 Å².